The lowest BCUT2D eigenvalue weighted by atomic mass is 10.2. The molecule has 0 unspecified atom stereocenters. The first kappa shape index (κ1) is 26.3. The minimum Gasteiger partial charge on any atom is -0.497 e. The molecular formula is C29H26N4O4S2. The number of pyridine rings is 1. The van der Waals surface area contributed by atoms with Crippen molar-refractivity contribution in [1.82, 2.24) is 9.97 Å². The van der Waals surface area contributed by atoms with Crippen LogP contribution in [0, 0.1) is 0 Å². The van der Waals surface area contributed by atoms with Crippen LogP contribution in [0.3, 0.4) is 0 Å². The summed E-state index contributed by atoms with van der Waals surface area (Å²) in [5.74, 6) is 0.377. The maximum Gasteiger partial charge on any atom is 0.264 e. The molecule has 2 heterocycles. The highest BCUT2D eigenvalue weighted by Gasteiger charge is 2.26. The third kappa shape index (κ3) is 5.47. The topological polar surface area (TPSA) is 92.7 Å². The molecule has 0 aliphatic rings. The number of para-hydroxylation sites is 1. The standard InChI is InChI=1S/C29H26N4O4S2/c1-3-33(23-9-5-4-6-10-23)39(35,36)25-14-11-22(12-15-25)28(34)32(20-21-8-7-17-30-19-21)29-31-26-18-24(37-2)13-16-27(26)38-29/h4-19H,3,20H2,1-2H3. The molecule has 0 fully saturated rings. The number of anilines is 2. The summed E-state index contributed by atoms with van der Waals surface area (Å²) >= 11 is 1.39. The lowest BCUT2D eigenvalue weighted by molar-refractivity contribution is 0.0985. The average molecular weight is 559 g/mol. The van der Waals surface area contributed by atoms with Gasteiger partial charge in [-0.05, 0) is 67.1 Å². The number of benzene rings is 3. The zero-order valence-corrected chi connectivity index (χ0v) is 23.0. The lowest BCUT2D eigenvalue weighted by Crippen LogP contribution is -2.31. The Morgan fingerprint density at radius 2 is 1.74 bits per heavy atom. The highest BCUT2D eigenvalue weighted by Crippen LogP contribution is 2.33. The van der Waals surface area contributed by atoms with E-state index in [1.54, 1.807) is 67.7 Å². The molecule has 5 rings (SSSR count). The number of amides is 1. The van der Waals surface area contributed by atoms with Crippen molar-refractivity contribution in [1.29, 1.82) is 0 Å². The van der Waals surface area contributed by atoms with Gasteiger partial charge in [-0.25, -0.2) is 13.4 Å². The Morgan fingerprint density at radius 1 is 0.974 bits per heavy atom. The third-order valence-corrected chi connectivity index (χ3v) is 9.12. The van der Waals surface area contributed by atoms with Crippen molar-refractivity contribution >= 4 is 48.3 Å². The van der Waals surface area contributed by atoms with Crippen LogP contribution in [0.1, 0.15) is 22.8 Å². The SMILES string of the molecule is CCN(c1ccccc1)S(=O)(=O)c1ccc(C(=O)N(Cc2cccnc2)c2nc3cc(OC)ccc3s2)cc1. The normalized spacial score (nSPS) is 11.3. The van der Waals surface area contributed by atoms with Gasteiger partial charge >= 0.3 is 0 Å². The van der Waals surface area contributed by atoms with Gasteiger partial charge in [0.05, 0.1) is 34.5 Å². The van der Waals surface area contributed by atoms with E-state index in [1.165, 1.54) is 27.8 Å². The molecule has 39 heavy (non-hydrogen) atoms. The summed E-state index contributed by atoms with van der Waals surface area (Å²) in [4.78, 5) is 24.4. The number of fused-ring (bicyclic) bond motifs is 1. The Labute approximate surface area is 231 Å². The smallest absolute Gasteiger partial charge is 0.264 e. The Balaban J connectivity index is 1.48. The molecule has 0 aliphatic carbocycles. The molecule has 1 amide bonds. The summed E-state index contributed by atoms with van der Waals surface area (Å²) in [6.45, 7) is 2.31. The van der Waals surface area contributed by atoms with Gasteiger partial charge in [0, 0.05) is 30.6 Å². The van der Waals surface area contributed by atoms with Crippen LogP contribution in [0.25, 0.3) is 10.2 Å². The van der Waals surface area contributed by atoms with Gasteiger partial charge in [0.25, 0.3) is 15.9 Å². The molecule has 0 saturated heterocycles. The maximum atomic E-state index is 13.8. The van der Waals surface area contributed by atoms with Gasteiger partial charge < -0.3 is 4.74 Å². The van der Waals surface area contributed by atoms with Gasteiger partial charge in [0.15, 0.2) is 5.13 Å². The summed E-state index contributed by atoms with van der Waals surface area (Å²) < 4.78 is 34.4. The number of methoxy groups -OCH3 is 1. The largest absolute Gasteiger partial charge is 0.497 e. The van der Waals surface area contributed by atoms with E-state index in [2.05, 4.69) is 4.98 Å². The van der Waals surface area contributed by atoms with Crippen molar-refractivity contribution in [2.75, 3.05) is 22.9 Å². The van der Waals surface area contributed by atoms with Crippen LogP contribution in [0.2, 0.25) is 0 Å². The predicted octanol–water partition coefficient (Wildman–Crippen LogP) is 5.76. The van der Waals surface area contributed by atoms with Crippen LogP contribution in [0.4, 0.5) is 10.8 Å². The molecular weight excluding hydrogens is 532 g/mol. The first-order valence-corrected chi connectivity index (χ1v) is 14.5. The molecule has 5 aromatic rings. The quantitative estimate of drug-likeness (QED) is 0.228. The van der Waals surface area contributed by atoms with E-state index < -0.39 is 10.0 Å². The van der Waals surface area contributed by atoms with Gasteiger partial charge in [0.1, 0.15) is 5.75 Å². The molecule has 3 aromatic carbocycles. The van der Waals surface area contributed by atoms with Crippen LogP contribution in [-0.2, 0) is 16.6 Å². The van der Waals surface area contributed by atoms with Crippen molar-refractivity contribution in [2.45, 2.75) is 18.4 Å². The molecule has 8 nitrogen and oxygen atoms in total. The summed E-state index contributed by atoms with van der Waals surface area (Å²) in [6.07, 6.45) is 3.38. The van der Waals surface area contributed by atoms with Crippen molar-refractivity contribution in [3.8, 4) is 5.75 Å². The fourth-order valence-corrected chi connectivity index (χ4v) is 6.59. The number of nitrogens with zero attached hydrogens (tertiary/aromatic N) is 4. The second-order valence-electron chi connectivity index (χ2n) is 8.61. The fourth-order valence-electron chi connectivity index (χ4n) is 4.18. The minimum atomic E-state index is -3.81. The van der Waals surface area contributed by atoms with Crippen LogP contribution in [0.15, 0.2) is 102 Å². The van der Waals surface area contributed by atoms with Gasteiger partial charge in [-0.3, -0.25) is 19.0 Å². The zero-order valence-electron chi connectivity index (χ0n) is 21.4. The van der Waals surface area contributed by atoms with E-state index in [1.807, 2.05) is 36.4 Å². The van der Waals surface area contributed by atoms with E-state index in [4.69, 9.17) is 9.72 Å². The second-order valence-corrected chi connectivity index (χ2v) is 11.5. The van der Waals surface area contributed by atoms with Crippen LogP contribution in [0.5, 0.6) is 5.75 Å². The van der Waals surface area contributed by atoms with E-state index in [0.717, 1.165) is 15.8 Å². The third-order valence-electron chi connectivity index (χ3n) is 6.14. The van der Waals surface area contributed by atoms with Crippen molar-refractivity contribution in [3.63, 3.8) is 0 Å². The molecule has 0 bridgehead atoms. The number of rotatable bonds is 9. The van der Waals surface area contributed by atoms with Gasteiger partial charge in [-0.2, -0.15) is 0 Å². The monoisotopic (exact) mass is 558 g/mol. The molecule has 2 aromatic heterocycles. The molecule has 0 atom stereocenters. The highest BCUT2D eigenvalue weighted by atomic mass is 32.2. The minimum absolute atomic E-state index is 0.107. The number of sulfonamides is 1. The molecule has 0 spiro atoms. The first-order valence-electron chi connectivity index (χ1n) is 12.2. The maximum absolute atomic E-state index is 13.8. The van der Waals surface area contributed by atoms with Crippen molar-refractivity contribution in [3.05, 3.63) is 108 Å². The fraction of sp³-hybridized carbons (Fsp3) is 0.138. The number of hydrogen-bond donors (Lipinski definition) is 0. The summed E-state index contributed by atoms with van der Waals surface area (Å²) in [5.41, 5.74) is 2.48. The van der Waals surface area contributed by atoms with Gasteiger partial charge in [-0.1, -0.05) is 35.6 Å². The highest BCUT2D eigenvalue weighted by molar-refractivity contribution is 7.92. The van der Waals surface area contributed by atoms with Gasteiger partial charge in [-0.15, -0.1) is 0 Å². The van der Waals surface area contributed by atoms with Gasteiger partial charge in [0.2, 0.25) is 0 Å². The second kappa shape index (κ2) is 11.2. The molecule has 198 valence electrons. The molecule has 10 heteroatoms. The van der Waals surface area contributed by atoms with Crippen LogP contribution < -0.4 is 13.9 Å². The van der Waals surface area contributed by atoms with Crippen LogP contribution >= 0.6 is 11.3 Å². The summed E-state index contributed by atoms with van der Waals surface area (Å²) in [7, 11) is -2.22. The van der Waals surface area contributed by atoms with E-state index in [0.29, 0.717) is 22.1 Å². The van der Waals surface area contributed by atoms with Crippen molar-refractivity contribution in [2.24, 2.45) is 0 Å². The first-order chi connectivity index (χ1) is 18.9. The Morgan fingerprint density at radius 3 is 2.41 bits per heavy atom. The Kier molecular flexibility index (Phi) is 7.58. The zero-order chi connectivity index (χ0) is 27.4. The summed E-state index contributed by atoms with van der Waals surface area (Å²) in [5, 5.41) is 0.519. The average Bonchev–Trinajstić information content (AvgIpc) is 3.40. The molecule has 0 radical (unpaired) electrons. The number of ether oxygens (including phenoxy) is 1. The molecule has 0 N–H and O–H groups in total. The van der Waals surface area contributed by atoms with E-state index in [9.17, 15) is 13.2 Å². The number of thiazole rings is 1. The number of aromatic nitrogens is 2. The van der Waals surface area contributed by atoms with Crippen LogP contribution in [-0.4, -0.2) is 37.9 Å². The number of carbonyl (C=O) groups excluding carboxylic acids is 1. The predicted molar refractivity (Wildman–Crippen MR) is 154 cm³/mol. The summed E-state index contributed by atoms with van der Waals surface area (Å²) in [6, 6.07) is 24.3. The lowest BCUT2D eigenvalue weighted by Gasteiger charge is -2.23. The Bertz CT molecular complexity index is 1690. The Hall–Kier alpha value is -4.28. The number of hydrogen-bond acceptors (Lipinski definition) is 7. The van der Waals surface area contributed by atoms with Crippen molar-refractivity contribution < 1.29 is 17.9 Å². The number of carbonyl (C=O) groups is 1. The molecule has 0 saturated carbocycles. The van der Waals surface area contributed by atoms with E-state index in [-0.39, 0.29) is 23.9 Å². The molecule has 0 aliphatic heterocycles. The van der Waals surface area contributed by atoms with E-state index >= 15 is 0 Å².